The van der Waals surface area contributed by atoms with E-state index in [0.717, 1.165) is 16.2 Å². The van der Waals surface area contributed by atoms with Crippen molar-refractivity contribution in [3.8, 4) is 0 Å². The first kappa shape index (κ1) is 24.5. The molecular formula is C26H19N3O6. The summed E-state index contributed by atoms with van der Waals surface area (Å²) < 4.78 is 0. The Morgan fingerprint density at radius 2 is 1.14 bits per heavy atom. The second-order valence-corrected chi connectivity index (χ2v) is 6.94. The summed E-state index contributed by atoms with van der Waals surface area (Å²) in [4.78, 5) is 42.7. The zero-order valence-corrected chi connectivity index (χ0v) is 18.1. The van der Waals surface area contributed by atoms with Crippen LogP contribution in [-0.2, 0) is 0 Å². The van der Waals surface area contributed by atoms with Gasteiger partial charge in [-0.15, -0.1) is 0 Å². The van der Waals surface area contributed by atoms with Crippen molar-refractivity contribution >= 4 is 39.6 Å². The Morgan fingerprint density at radius 3 is 1.74 bits per heavy atom. The third-order valence-corrected chi connectivity index (χ3v) is 4.55. The second-order valence-electron chi connectivity index (χ2n) is 6.94. The number of carboxylic acid groups (broad SMARTS) is 3. The average Bonchev–Trinajstić information content (AvgIpc) is 2.89. The number of hydrogen-bond donors (Lipinski definition) is 3. The van der Waals surface area contributed by atoms with Gasteiger partial charge in [0.1, 0.15) is 17.1 Å². The number of pyridine rings is 3. The molecule has 174 valence electrons. The van der Waals surface area contributed by atoms with Gasteiger partial charge in [0.05, 0.1) is 5.52 Å². The van der Waals surface area contributed by atoms with Crippen LogP contribution >= 0.6 is 0 Å². The molecule has 0 aliphatic heterocycles. The highest BCUT2D eigenvalue weighted by molar-refractivity contribution is 5.92. The number of fused-ring (bicyclic) bond motifs is 2. The molecule has 0 aliphatic rings. The molecule has 5 aromatic rings. The number of carbonyl (C=O) groups is 3. The SMILES string of the molecule is O=C(O)c1cc2ccccc2cn1.O=C(O)c1ccc2ccccc2n1.O=C(O)c1ccccn1. The molecule has 0 aliphatic carbocycles. The highest BCUT2D eigenvalue weighted by Crippen LogP contribution is 2.13. The van der Waals surface area contributed by atoms with E-state index in [0.29, 0.717) is 5.52 Å². The number of hydrogen-bond acceptors (Lipinski definition) is 6. The summed E-state index contributed by atoms with van der Waals surface area (Å²) in [6.45, 7) is 0. The normalized spacial score (nSPS) is 9.83. The van der Waals surface area contributed by atoms with E-state index in [4.69, 9.17) is 15.3 Å². The van der Waals surface area contributed by atoms with Crippen LogP contribution in [0.5, 0.6) is 0 Å². The van der Waals surface area contributed by atoms with Crippen LogP contribution in [-0.4, -0.2) is 48.2 Å². The minimum Gasteiger partial charge on any atom is -0.477 e. The average molecular weight is 469 g/mol. The van der Waals surface area contributed by atoms with Crippen molar-refractivity contribution in [1.29, 1.82) is 0 Å². The van der Waals surface area contributed by atoms with E-state index in [1.807, 2.05) is 42.5 Å². The zero-order valence-electron chi connectivity index (χ0n) is 18.1. The molecule has 9 heteroatoms. The molecule has 0 bridgehead atoms. The maximum atomic E-state index is 10.6. The summed E-state index contributed by atoms with van der Waals surface area (Å²) in [7, 11) is 0. The summed E-state index contributed by atoms with van der Waals surface area (Å²) in [6, 6.07) is 24.5. The maximum Gasteiger partial charge on any atom is 0.354 e. The number of nitrogens with zero attached hydrogens (tertiary/aromatic N) is 3. The van der Waals surface area contributed by atoms with Crippen molar-refractivity contribution in [2.75, 3.05) is 0 Å². The number of rotatable bonds is 3. The van der Waals surface area contributed by atoms with Crippen molar-refractivity contribution < 1.29 is 29.7 Å². The van der Waals surface area contributed by atoms with Gasteiger partial charge < -0.3 is 15.3 Å². The fourth-order valence-corrected chi connectivity index (χ4v) is 2.87. The van der Waals surface area contributed by atoms with Gasteiger partial charge in [0, 0.05) is 23.2 Å². The van der Waals surface area contributed by atoms with E-state index in [-0.39, 0.29) is 17.1 Å². The summed E-state index contributed by atoms with van der Waals surface area (Å²) in [6.07, 6.45) is 3.02. The minimum absolute atomic E-state index is 0.0810. The van der Waals surface area contributed by atoms with E-state index in [9.17, 15) is 14.4 Å². The Labute approximate surface area is 199 Å². The molecule has 9 nitrogen and oxygen atoms in total. The molecule has 0 fully saturated rings. The first-order valence-electron chi connectivity index (χ1n) is 10.2. The zero-order chi connectivity index (χ0) is 25.2. The fourth-order valence-electron chi connectivity index (χ4n) is 2.87. The molecule has 3 N–H and O–H groups in total. The summed E-state index contributed by atoms with van der Waals surface area (Å²) in [5.74, 6) is -2.98. The molecule has 0 radical (unpaired) electrons. The van der Waals surface area contributed by atoms with Crippen molar-refractivity contribution in [1.82, 2.24) is 15.0 Å². The summed E-state index contributed by atoms with van der Waals surface area (Å²) in [5.41, 5.74) is 0.956. The topological polar surface area (TPSA) is 151 Å². The van der Waals surface area contributed by atoms with Gasteiger partial charge in [-0.1, -0.05) is 54.6 Å². The lowest BCUT2D eigenvalue weighted by atomic mass is 10.1. The van der Waals surface area contributed by atoms with Gasteiger partial charge in [0.15, 0.2) is 0 Å². The molecule has 0 amide bonds. The van der Waals surface area contributed by atoms with Gasteiger partial charge in [-0.2, -0.15) is 0 Å². The number of para-hydroxylation sites is 1. The van der Waals surface area contributed by atoms with E-state index in [2.05, 4.69) is 15.0 Å². The summed E-state index contributed by atoms with van der Waals surface area (Å²) in [5, 5.41) is 28.5. The van der Waals surface area contributed by atoms with Crippen LogP contribution in [0.25, 0.3) is 21.7 Å². The van der Waals surface area contributed by atoms with Gasteiger partial charge in [-0.05, 0) is 35.7 Å². The number of carboxylic acids is 3. The molecule has 2 aromatic carbocycles. The van der Waals surface area contributed by atoms with Crippen LogP contribution < -0.4 is 0 Å². The van der Waals surface area contributed by atoms with Crippen molar-refractivity contribution in [2.45, 2.75) is 0 Å². The first-order valence-corrected chi connectivity index (χ1v) is 10.2. The third kappa shape index (κ3) is 6.90. The molecule has 0 unspecified atom stereocenters. The second kappa shape index (κ2) is 11.6. The summed E-state index contributed by atoms with van der Waals surface area (Å²) >= 11 is 0. The Morgan fingerprint density at radius 1 is 0.543 bits per heavy atom. The van der Waals surface area contributed by atoms with E-state index in [1.165, 1.54) is 18.3 Å². The van der Waals surface area contributed by atoms with E-state index < -0.39 is 17.9 Å². The molecular weight excluding hydrogens is 450 g/mol. The molecule has 35 heavy (non-hydrogen) atoms. The predicted octanol–water partition coefficient (Wildman–Crippen LogP) is 4.65. The highest BCUT2D eigenvalue weighted by atomic mass is 16.4. The maximum absolute atomic E-state index is 10.6. The van der Waals surface area contributed by atoms with E-state index >= 15 is 0 Å². The lowest BCUT2D eigenvalue weighted by Crippen LogP contribution is -1.99. The molecule has 0 saturated carbocycles. The predicted molar refractivity (Wildman–Crippen MR) is 129 cm³/mol. The first-order chi connectivity index (χ1) is 16.8. The molecule has 3 heterocycles. The Balaban J connectivity index is 0.000000150. The van der Waals surface area contributed by atoms with Gasteiger partial charge in [0.2, 0.25) is 0 Å². The smallest absolute Gasteiger partial charge is 0.354 e. The van der Waals surface area contributed by atoms with Crippen LogP contribution in [0.4, 0.5) is 0 Å². The number of benzene rings is 2. The van der Waals surface area contributed by atoms with Crippen molar-refractivity contribution in [2.24, 2.45) is 0 Å². The Hall–Kier alpha value is -5.18. The standard InChI is InChI=1S/2C10H7NO2.C6H5NO2/c12-10(13)9-5-7-3-1-2-4-8(7)6-11-9;12-10(13)9-6-5-7-3-1-2-4-8(7)11-9;8-6(9)5-3-1-2-4-7-5/h2*1-6H,(H,12,13);1-4H,(H,8,9). The van der Waals surface area contributed by atoms with Crippen molar-refractivity contribution in [3.63, 3.8) is 0 Å². The lowest BCUT2D eigenvalue weighted by Gasteiger charge is -1.97. The minimum atomic E-state index is -0.995. The molecule has 0 spiro atoms. The molecule has 0 saturated heterocycles. The number of aromatic carboxylic acids is 3. The quantitative estimate of drug-likeness (QED) is 0.343. The molecule has 3 aromatic heterocycles. The van der Waals surface area contributed by atoms with Crippen LogP contribution in [0.1, 0.15) is 31.5 Å². The highest BCUT2D eigenvalue weighted by Gasteiger charge is 2.05. The van der Waals surface area contributed by atoms with Crippen LogP contribution in [0.15, 0.2) is 97.3 Å². The van der Waals surface area contributed by atoms with Crippen LogP contribution in [0.3, 0.4) is 0 Å². The van der Waals surface area contributed by atoms with Gasteiger partial charge in [-0.25, -0.2) is 29.3 Å². The van der Waals surface area contributed by atoms with Crippen molar-refractivity contribution in [3.05, 3.63) is 114 Å². The van der Waals surface area contributed by atoms with Crippen LogP contribution in [0.2, 0.25) is 0 Å². The lowest BCUT2D eigenvalue weighted by molar-refractivity contribution is 0.0680. The van der Waals surface area contributed by atoms with E-state index in [1.54, 1.807) is 36.5 Å². The fraction of sp³-hybridized carbons (Fsp3) is 0. The van der Waals surface area contributed by atoms with Crippen LogP contribution in [0, 0.1) is 0 Å². The Kier molecular flexibility index (Phi) is 8.12. The number of aromatic nitrogens is 3. The molecule has 0 atom stereocenters. The van der Waals surface area contributed by atoms with Gasteiger partial charge in [0.25, 0.3) is 0 Å². The molecule has 5 rings (SSSR count). The monoisotopic (exact) mass is 469 g/mol. The Bertz CT molecular complexity index is 1400. The third-order valence-electron chi connectivity index (χ3n) is 4.55. The van der Waals surface area contributed by atoms with Gasteiger partial charge >= 0.3 is 17.9 Å². The van der Waals surface area contributed by atoms with Gasteiger partial charge in [-0.3, -0.25) is 0 Å². The largest absolute Gasteiger partial charge is 0.477 e.